The van der Waals surface area contributed by atoms with Crippen LogP contribution in [0.3, 0.4) is 0 Å². The van der Waals surface area contributed by atoms with Crippen molar-refractivity contribution < 1.29 is 24.2 Å². The van der Waals surface area contributed by atoms with E-state index >= 15 is 0 Å². The van der Waals surface area contributed by atoms with Gasteiger partial charge in [0, 0.05) is 24.2 Å². The lowest BCUT2D eigenvalue weighted by Gasteiger charge is -2.30. The molecule has 1 aliphatic heterocycles. The van der Waals surface area contributed by atoms with E-state index in [1.165, 1.54) is 6.92 Å². The summed E-state index contributed by atoms with van der Waals surface area (Å²) in [4.78, 5) is 36.5. The molecule has 1 amide bonds. The number of nitrogens with zero attached hydrogens (tertiary/aromatic N) is 1. The van der Waals surface area contributed by atoms with E-state index in [2.05, 4.69) is 0 Å². The Morgan fingerprint density at radius 1 is 0.889 bits per heavy atom. The number of carboxylic acid groups (broad SMARTS) is 1. The zero-order chi connectivity index (χ0) is 19.4. The highest BCUT2D eigenvalue weighted by Gasteiger charge is 2.27. The molecule has 1 heterocycles. The monoisotopic (exact) mass is 367 g/mol. The molecule has 6 heteroatoms. The summed E-state index contributed by atoms with van der Waals surface area (Å²) in [6.45, 7) is 2.42. The van der Waals surface area contributed by atoms with Gasteiger partial charge in [-0.05, 0) is 68.3 Å². The van der Waals surface area contributed by atoms with Crippen LogP contribution in [0.25, 0.3) is 0 Å². The van der Waals surface area contributed by atoms with Gasteiger partial charge in [0.15, 0.2) is 5.78 Å². The van der Waals surface area contributed by atoms with Gasteiger partial charge in [0.05, 0.1) is 5.92 Å². The third kappa shape index (κ3) is 4.53. The standard InChI is InChI=1S/C21H21NO5/c1-14(23)15-2-6-18(7-3-15)27-19-8-4-16(5-9-19)20(24)22-12-10-17(11-13-22)21(25)26/h2-9,17H,10-13H2,1H3,(H,25,26). The Labute approximate surface area is 157 Å². The van der Waals surface area contributed by atoms with Crippen LogP contribution in [0.5, 0.6) is 11.5 Å². The molecular weight excluding hydrogens is 346 g/mol. The second kappa shape index (κ2) is 8.03. The Bertz CT molecular complexity index is 834. The van der Waals surface area contributed by atoms with Gasteiger partial charge in [-0.3, -0.25) is 14.4 Å². The minimum atomic E-state index is -0.792. The van der Waals surface area contributed by atoms with E-state index < -0.39 is 5.97 Å². The number of hydrogen-bond donors (Lipinski definition) is 1. The molecule has 0 unspecified atom stereocenters. The van der Waals surface area contributed by atoms with E-state index in [9.17, 15) is 14.4 Å². The smallest absolute Gasteiger partial charge is 0.306 e. The second-order valence-electron chi connectivity index (χ2n) is 6.61. The highest BCUT2D eigenvalue weighted by molar-refractivity contribution is 5.95. The molecule has 1 aliphatic rings. The van der Waals surface area contributed by atoms with Gasteiger partial charge in [-0.1, -0.05) is 0 Å². The number of carbonyl (C=O) groups is 3. The first-order valence-electron chi connectivity index (χ1n) is 8.85. The quantitative estimate of drug-likeness (QED) is 0.816. The third-order valence-corrected chi connectivity index (χ3v) is 4.73. The number of benzene rings is 2. The van der Waals surface area contributed by atoms with Crippen molar-refractivity contribution >= 4 is 17.7 Å². The summed E-state index contributed by atoms with van der Waals surface area (Å²) in [5.74, 6) is -0.0614. The molecule has 0 radical (unpaired) electrons. The molecule has 0 saturated carbocycles. The largest absolute Gasteiger partial charge is 0.481 e. The average molecular weight is 367 g/mol. The van der Waals surface area contributed by atoms with Crippen LogP contribution in [-0.4, -0.2) is 40.8 Å². The van der Waals surface area contributed by atoms with Gasteiger partial charge < -0.3 is 14.7 Å². The van der Waals surface area contributed by atoms with Crippen LogP contribution in [0.15, 0.2) is 48.5 Å². The summed E-state index contributed by atoms with van der Waals surface area (Å²) in [6, 6.07) is 13.7. The Balaban J connectivity index is 1.60. The summed E-state index contributed by atoms with van der Waals surface area (Å²) < 4.78 is 5.73. The Morgan fingerprint density at radius 3 is 1.81 bits per heavy atom. The van der Waals surface area contributed by atoms with Gasteiger partial charge in [0.1, 0.15) is 11.5 Å². The predicted octanol–water partition coefficient (Wildman–Crippen LogP) is 3.62. The van der Waals surface area contributed by atoms with E-state index in [1.807, 2.05) is 0 Å². The minimum Gasteiger partial charge on any atom is -0.481 e. The lowest BCUT2D eigenvalue weighted by molar-refractivity contribution is -0.143. The fraction of sp³-hybridized carbons (Fsp3) is 0.286. The summed E-state index contributed by atoms with van der Waals surface area (Å²) in [5, 5.41) is 9.04. The van der Waals surface area contributed by atoms with Crippen LogP contribution in [0, 0.1) is 5.92 Å². The average Bonchev–Trinajstić information content (AvgIpc) is 2.68. The van der Waals surface area contributed by atoms with Crippen LogP contribution in [0.2, 0.25) is 0 Å². The summed E-state index contributed by atoms with van der Waals surface area (Å²) in [6.07, 6.45) is 0.969. The minimum absolute atomic E-state index is 0.00296. The molecule has 1 fully saturated rings. The molecular formula is C21H21NO5. The van der Waals surface area contributed by atoms with Gasteiger partial charge in [0.25, 0.3) is 5.91 Å². The van der Waals surface area contributed by atoms with E-state index in [0.29, 0.717) is 48.6 Å². The fourth-order valence-electron chi connectivity index (χ4n) is 3.07. The zero-order valence-corrected chi connectivity index (χ0v) is 15.1. The molecule has 0 aromatic heterocycles. The molecule has 1 N–H and O–H groups in total. The number of rotatable bonds is 5. The molecule has 2 aromatic rings. The normalized spacial score (nSPS) is 14.6. The van der Waals surface area contributed by atoms with E-state index in [1.54, 1.807) is 53.4 Å². The molecule has 140 valence electrons. The van der Waals surface area contributed by atoms with E-state index in [0.717, 1.165) is 0 Å². The number of hydrogen-bond acceptors (Lipinski definition) is 4. The van der Waals surface area contributed by atoms with Gasteiger partial charge in [-0.25, -0.2) is 0 Å². The number of likely N-dealkylation sites (tertiary alicyclic amines) is 1. The lowest BCUT2D eigenvalue weighted by Crippen LogP contribution is -2.40. The number of piperidine rings is 1. The predicted molar refractivity (Wildman–Crippen MR) is 99.2 cm³/mol. The Morgan fingerprint density at radius 2 is 1.37 bits per heavy atom. The van der Waals surface area contributed by atoms with Crippen molar-refractivity contribution in [3.05, 3.63) is 59.7 Å². The molecule has 0 bridgehead atoms. The molecule has 3 rings (SSSR count). The van der Waals surface area contributed by atoms with E-state index in [4.69, 9.17) is 9.84 Å². The second-order valence-corrected chi connectivity index (χ2v) is 6.61. The third-order valence-electron chi connectivity index (χ3n) is 4.73. The summed E-state index contributed by atoms with van der Waals surface area (Å²) in [7, 11) is 0. The topological polar surface area (TPSA) is 83.9 Å². The molecule has 0 aliphatic carbocycles. The van der Waals surface area contributed by atoms with Crippen molar-refractivity contribution in [1.82, 2.24) is 4.90 Å². The molecule has 0 spiro atoms. The van der Waals surface area contributed by atoms with Crippen molar-refractivity contribution in [3.8, 4) is 11.5 Å². The zero-order valence-electron chi connectivity index (χ0n) is 15.1. The number of aliphatic carboxylic acids is 1. The maximum Gasteiger partial charge on any atom is 0.306 e. The molecule has 27 heavy (non-hydrogen) atoms. The lowest BCUT2D eigenvalue weighted by atomic mass is 9.96. The number of Topliss-reactive ketones (excluding diaryl/α,β-unsaturated/α-hetero) is 1. The fourth-order valence-corrected chi connectivity index (χ4v) is 3.07. The Kier molecular flexibility index (Phi) is 5.54. The summed E-state index contributed by atoms with van der Waals surface area (Å²) in [5.41, 5.74) is 1.16. The van der Waals surface area contributed by atoms with Crippen molar-refractivity contribution in [1.29, 1.82) is 0 Å². The first-order chi connectivity index (χ1) is 12.9. The SMILES string of the molecule is CC(=O)c1ccc(Oc2ccc(C(=O)N3CCC(C(=O)O)CC3)cc2)cc1. The van der Waals surface area contributed by atoms with Gasteiger partial charge >= 0.3 is 5.97 Å². The van der Waals surface area contributed by atoms with Crippen molar-refractivity contribution in [2.75, 3.05) is 13.1 Å². The van der Waals surface area contributed by atoms with Crippen LogP contribution in [0.4, 0.5) is 0 Å². The first kappa shape index (κ1) is 18.6. The number of carbonyl (C=O) groups excluding carboxylic acids is 2. The molecule has 0 atom stereocenters. The molecule has 1 saturated heterocycles. The van der Waals surface area contributed by atoms with Crippen molar-refractivity contribution in [2.45, 2.75) is 19.8 Å². The molecule has 2 aromatic carbocycles. The van der Waals surface area contributed by atoms with E-state index in [-0.39, 0.29) is 17.6 Å². The number of ketones is 1. The highest BCUT2D eigenvalue weighted by atomic mass is 16.5. The number of ether oxygens (including phenoxy) is 1. The number of carboxylic acids is 1. The molecule has 6 nitrogen and oxygen atoms in total. The van der Waals surface area contributed by atoms with Crippen LogP contribution < -0.4 is 4.74 Å². The van der Waals surface area contributed by atoms with Gasteiger partial charge in [-0.2, -0.15) is 0 Å². The van der Waals surface area contributed by atoms with Crippen LogP contribution in [-0.2, 0) is 4.79 Å². The maximum absolute atomic E-state index is 12.6. The van der Waals surface area contributed by atoms with Crippen molar-refractivity contribution in [3.63, 3.8) is 0 Å². The van der Waals surface area contributed by atoms with Gasteiger partial charge in [0.2, 0.25) is 0 Å². The van der Waals surface area contributed by atoms with Crippen molar-refractivity contribution in [2.24, 2.45) is 5.92 Å². The summed E-state index contributed by atoms with van der Waals surface area (Å²) >= 11 is 0. The number of amides is 1. The highest BCUT2D eigenvalue weighted by Crippen LogP contribution is 2.24. The van der Waals surface area contributed by atoms with Crippen LogP contribution >= 0.6 is 0 Å². The first-order valence-corrected chi connectivity index (χ1v) is 8.85. The van der Waals surface area contributed by atoms with Crippen LogP contribution in [0.1, 0.15) is 40.5 Å². The Hall–Kier alpha value is -3.15. The maximum atomic E-state index is 12.6. The van der Waals surface area contributed by atoms with Gasteiger partial charge in [-0.15, -0.1) is 0 Å².